The number of halogens is 3. The summed E-state index contributed by atoms with van der Waals surface area (Å²) in [7, 11) is 0. The van der Waals surface area contributed by atoms with Crippen LogP contribution in [0.15, 0.2) is 24.3 Å². The van der Waals surface area contributed by atoms with Crippen LogP contribution in [0.25, 0.3) is 0 Å². The molecule has 0 saturated heterocycles. The van der Waals surface area contributed by atoms with E-state index in [1.54, 1.807) is 6.92 Å². The van der Waals surface area contributed by atoms with Gasteiger partial charge in [0, 0.05) is 6.42 Å². The molecule has 1 rings (SSSR count). The highest BCUT2D eigenvalue weighted by Crippen LogP contribution is 2.30. The van der Waals surface area contributed by atoms with E-state index in [2.05, 4.69) is 0 Å². The van der Waals surface area contributed by atoms with Gasteiger partial charge in [-0.3, -0.25) is 4.79 Å². The third kappa shape index (κ3) is 5.23. The van der Waals surface area contributed by atoms with Crippen LogP contribution in [0.2, 0.25) is 0 Å². The van der Waals surface area contributed by atoms with Crippen molar-refractivity contribution in [1.29, 1.82) is 0 Å². The molecular weight excluding hydrogens is 269 g/mol. The Labute approximate surface area is 116 Å². The summed E-state index contributed by atoms with van der Waals surface area (Å²) >= 11 is 0. The number of rotatable bonds is 6. The zero-order valence-electron chi connectivity index (χ0n) is 11.7. The van der Waals surface area contributed by atoms with Crippen molar-refractivity contribution in [3.8, 4) is 0 Å². The molecule has 0 spiro atoms. The lowest BCUT2D eigenvalue weighted by molar-refractivity contribution is -0.143. The molecule has 0 aromatic heterocycles. The molecule has 0 aliphatic carbocycles. The second-order valence-corrected chi connectivity index (χ2v) is 4.72. The monoisotopic (exact) mass is 288 g/mol. The molecular formula is C15H19F3O2. The fraction of sp³-hybridized carbons (Fsp3) is 0.533. The average molecular weight is 288 g/mol. The zero-order valence-corrected chi connectivity index (χ0v) is 11.7. The van der Waals surface area contributed by atoms with Gasteiger partial charge in [-0.2, -0.15) is 13.2 Å². The van der Waals surface area contributed by atoms with Crippen LogP contribution in [-0.4, -0.2) is 12.6 Å². The fourth-order valence-electron chi connectivity index (χ4n) is 1.95. The van der Waals surface area contributed by atoms with Gasteiger partial charge in [-0.1, -0.05) is 19.1 Å². The van der Waals surface area contributed by atoms with Gasteiger partial charge in [0.15, 0.2) is 0 Å². The van der Waals surface area contributed by atoms with Gasteiger partial charge in [0.2, 0.25) is 0 Å². The van der Waals surface area contributed by atoms with E-state index >= 15 is 0 Å². The third-order valence-corrected chi connectivity index (χ3v) is 3.13. The first-order valence-corrected chi connectivity index (χ1v) is 6.67. The molecule has 1 unspecified atom stereocenters. The summed E-state index contributed by atoms with van der Waals surface area (Å²) < 4.78 is 42.1. The molecule has 0 N–H and O–H groups in total. The van der Waals surface area contributed by atoms with Crippen LogP contribution in [0, 0.1) is 0 Å². The Morgan fingerprint density at radius 3 is 2.35 bits per heavy atom. The molecule has 0 fully saturated rings. The molecule has 112 valence electrons. The van der Waals surface area contributed by atoms with Crippen molar-refractivity contribution in [2.75, 3.05) is 6.61 Å². The fourth-order valence-corrected chi connectivity index (χ4v) is 1.95. The van der Waals surface area contributed by atoms with Crippen molar-refractivity contribution >= 4 is 5.97 Å². The summed E-state index contributed by atoms with van der Waals surface area (Å²) in [5.41, 5.74) is 0.210. The molecule has 1 atom stereocenters. The number of hydrogen-bond donors (Lipinski definition) is 0. The Hall–Kier alpha value is -1.52. The number of hydrogen-bond acceptors (Lipinski definition) is 2. The van der Waals surface area contributed by atoms with E-state index < -0.39 is 11.7 Å². The Morgan fingerprint density at radius 1 is 1.25 bits per heavy atom. The molecule has 5 heteroatoms. The van der Waals surface area contributed by atoms with E-state index in [0.717, 1.165) is 24.1 Å². The van der Waals surface area contributed by atoms with Crippen LogP contribution in [-0.2, 0) is 15.7 Å². The van der Waals surface area contributed by atoms with Gasteiger partial charge in [0.05, 0.1) is 12.2 Å². The van der Waals surface area contributed by atoms with Gasteiger partial charge in [-0.15, -0.1) is 0 Å². The van der Waals surface area contributed by atoms with Crippen LogP contribution in [0.3, 0.4) is 0 Å². The highest BCUT2D eigenvalue weighted by Gasteiger charge is 2.30. The van der Waals surface area contributed by atoms with E-state index in [1.807, 2.05) is 6.92 Å². The minimum atomic E-state index is -4.30. The second kappa shape index (κ2) is 7.31. The number of benzene rings is 1. The zero-order chi connectivity index (χ0) is 15.2. The van der Waals surface area contributed by atoms with Gasteiger partial charge in [0.25, 0.3) is 0 Å². The van der Waals surface area contributed by atoms with Crippen molar-refractivity contribution in [3.05, 3.63) is 35.4 Å². The lowest BCUT2D eigenvalue weighted by atomic mass is 9.94. The minimum absolute atomic E-state index is 0.117. The van der Waals surface area contributed by atoms with E-state index in [9.17, 15) is 18.0 Å². The quantitative estimate of drug-likeness (QED) is 0.718. The first kappa shape index (κ1) is 16.5. The summed E-state index contributed by atoms with van der Waals surface area (Å²) in [6.07, 6.45) is -2.55. The molecule has 2 nitrogen and oxygen atoms in total. The maximum atomic E-state index is 12.4. The van der Waals surface area contributed by atoms with Crippen molar-refractivity contribution < 1.29 is 22.7 Å². The van der Waals surface area contributed by atoms with E-state index in [-0.39, 0.29) is 11.9 Å². The van der Waals surface area contributed by atoms with Gasteiger partial charge in [-0.05, 0) is 43.4 Å². The summed E-state index contributed by atoms with van der Waals surface area (Å²) in [4.78, 5) is 11.2. The van der Waals surface area contributed by atoms with Gasteiger partial charge in [-0.25, -0.2) is 0 Å². The minimum Gasteiger partial charge on any atom is -0.466 e. The number of alkyl halides is 3. The summed E-state index contributed by atoms with van der Waals surface area (Å²) in [6, 6.07) is 5.18. The van der Waals surface area contributed by atoms with Crippen molar-refractivity contribution in [2.45, 2.75) is 45.2 Å². The Bertz CT molecular complexity index is 424. The lowest BCUT2D eigenvalue weighted by Crippen LogP contribution is -2.06. The predicted molar refractivity (Wildman–Crippen MR) is 70.3 cm³/mol. The molecule has 0 aliphatic rings. The predicted octanol–water partition coefficient (Wildman–Crippen LogP) is 4.54. The molecule has 1 aromatic carbocycles. The Kier molecular flexibility index (Phi) is 6.05. The number of esters is 1. The number of ether oxygens (including phenoxy) is 1. The van der Waals surface area contributed by atoms with Gasteiger partial charge in [0.1, 0.15) is 0 Å². The van der Waals surface area contributed by atoms with Crippen molar-refractivity contribution in [3.63, 3.8) is 0 Å². The maximum absolute atomic E-state index is 12.4. The number of carbonyl (C=O) groups is 1. The SMILES string of the molecule is CCOC(=O)CCCC(C)c1ccc(C(F)(F)F)cc1. The molecule has 20 heavy (non-hydrogen) atoms. The van der Waals surface area contributed by atoms with Crippen LogP contribution in [0.4, 0.5) is 13.2 Å². The van der Waals surface area contributed by atoms with E-state index in [1.165, 1.54) is 12.1 Å². The molecule has 0 bridgehead atoms. The molecule has 0 saturated carbocycles. The maximum Gasteiger partial charge on any atom is 0.416 e. The highest BCUT2D eigenvalue weighted by molar-refractivity contribution is 5.69. The van der Waals surface area contributed by atoms with Crippen molar-refractivity contribution in [2.24, 2.45) is 0 Å². The topological polar surface area (TPSA) is 26.3 Å². The molecule has 1 aromatic rings. The number of carbonyl (C=O) groups excluding carboxylic acids is 1. The van der Waals surface area contributed by atoms with E-state index in [0.29, 0.717) is 19.4 Å². The Morgan fingerprint density at radius 2 is 1.85 bits per heavy atom. The van der Waals surface area contributed by atoms with Crippen LogP contribution in [0.1, 0.15) is 50.2 Å². The van der Waals surface area contributed by atoms with Crippen molar-refractivity contribution in [1.82, 2.24) is 0 Å². The first-order chi connectivity index (χ1) is 9.34. The van der Waals surface area contributed by atoms with Crippen LogP contribution < -0.4 is 0 Å². The largest absolute Gasteiger partial charge is 0.466 e. The van der Waals surface area contributed by atoms with E-state index in [4.69, 9.17) is 4.74 Å². The summed E-state index contributed by atoms with van der Waals surface area (Å²) in [6.45, 7) is 4.06. The summed E-state index contributed by atoms with van der Waals surface area (Å²) in [5.74, 6) is -0.112. The van der Waals surface area contributed by atoms with Gasteiger partial charge >= 0.3 is 12.1 Å². The average Bonchev–Trinajstić information content (AvgIpc) is 2.38. The summed E-state index contributed by atoms with van der Waals surface area (Å²) in [5, 5.41) is 0. The Balaban J connectivity index is 2.48. The standard InChI is InChI=1S/C15H19F3O2/c1-3-20-14(19)6-4-5-11(2)12-7-9-13(10-8-12)15(16,17)18/h7-11H,3-6H2,1-2H3. The normalized spacial score (nSPS) is 13.1. The highest BCUT2D eigenvalue weighted by atomic mass is 19.4. The molecule has 0 radical (unpaired) electrons. The molecule has 0 aliphatic heterocycles. The molecule has 0 heterocycles. The first-order valence-electron chi connectivity index (χ1n) is 6.67. The van der Waals surface area contributed by atoms with Gasteiger partial charge < -0.3 is 4.74 Å². The third-order valence-electron chi connectivity index (χ3n) is 3.13. The van der Waals surface area contributed by atoms with Crippen LogP contribution >= 0.6 is 0 Å². The molecule has 0 amide bonds. The second-order valence-electron chi connectivity index (χ2n) is 4.72. The lowest BCUT2D eigenvalue weighted by Gasteiger charge is -2.13. The smallest absolute Gasteiger partial charge is 0.416 e. The van der Waals surface area contributed by atoms with Crippen LogP contribution in [0.5, 0.6) is 0 Å².